The van der Waals surface area contributed by atoms with Crippen LogP contribution in [0.5, 0.6) is 17.2 Å². The summed E-state index contributed by atoms with van der Waals surface area (Å²) in [6.07, 6.45) is 0. The van der Waals surface area contributed by atoms with Crippen molar-refractivity contribution in [3.8, 4) is 17.2 Å². The molecule has 2 rings (SSSR count). The van der Waals surface area contributed by atoms with Gasteiger partial charge in [-0.3, -0.25) is 4.79 Å². The second-order valence-electron chi connectivity index (χ2n) is 6.26. The first kappa shape index (κ1) is 15.5. The predicted octanol–water partition coefficient (Wildman–Crippen LogP) is 2.63. The lowest BCUT2D eigenvalue weighted by molar-refractivity contribution is 0.0908. The van der Waals surface area contributed by atoms with E-state index in [1.165, 1.54) is 0 Å². The molecule has 1 unspecified atom stereocenters. The summed E-state index contributed by atoms with van der Waals surface area (Å²) in [6, 6.07) is 3.42. The second kappa shape index (κ2) is 5.84. The van der Waals surface area contributed by atoms with Gasteiger partial charge < -0.3 is 19.5 Å². The van der Waals surface area contributed by atoms with Gasteiger partial charge in [-0.2, -0.15) is 0 Å². The third-order valence-corrected chi connectivity index (χ3v) is 3.74. The fraction of sp³-hybridized carbons (Fsp3) is 0.562. The maximum Gasteiger partial charge on any atom is 0.251 e. The Morgan fingerprint density at radius 2 is 1.95 bits per heavy atom. The molecule has 5 heteroatoms. The van der Waals surface area contributed by atoms with Crippen LogP contribution in [0.25, 0.3) is 0 Å². The van der Waals surface area contributed by atoms with Crippen LogP contribution >= 0.6 is 0 Å². The van der Waals surface area contributed by atoms with E-state index in [4.69, 9.17) is 14.2 Å². The molecule has 0 fully saturated rings. The molecule has 0 aliphatic carbocycles. The molecule has 1 amide bonds. The number of hydrogen-bond donors (Lipinski definition) is 1. The summed E-state index contributed by atoms with van der Waals surface area (Å²) in [5, 5.41) is 3.00. The van der Waals surface area contributed by atoms with Crippen molar-refractivity contribution in [2.45, 2.75) is 33.7 Å². The van der Waals surface area contributed by atoms with Crippen LogP contribution in [0.4, 0.5) is 0 Å². The number of carbonyl (C=O) groups excluding carboxylic acids is 1. The third-order valence-electron chi connectivity index (χ3n) is 3.74. The standard InChI is InChI=1S/C16H23NO4/c1-10(16(2,3)4)17-15(18)11-8-12(19-5)14-13(9-11)20-6-7-21-14/h8-10H,6-7H2,1-5H3,(H,17,18). The predicted molar refractivity (Wildman–Crippen MR) is 80.4 cm³/mol. The zero-order chi connectivity index (χ0) is 15.6. The normalized spacial score (nSPS) is 15.3. The maximum absolute atomic E-state index is 12.4. The lowest BCUT2D eigenvalue weighted by Crippen LogP contribution is -2.41. The van der Waals surface area contributed by atoms with Gasteiger partial charge in [-0.1, -0.05) is 20.8 Å². The van der Waals surface area contributed by atoms with Crippen LogP contribution < -0.4 is 19.5 Å². The van der Waals surface area contributed by atoms with Crippen LogP contribution in [-0.4, -0.2) is 32.3 Å². The Labute approximate surface area is 125 Å². The average Bonchev–Trinajstić information content (AvgIpc) is 2.44. The molecule has 21 heavy (non-hydrogen) atoms. The van der Waals surface area contributed by atoms with E-state index < -0.39 is 0 Å². The highest BCUT2D eigenvalue weighted by atomic mass is 16.6. The number of nitrogens with one attached hydrogen (secondary N) is 1. The summed E-state index contributed by atoms with van der Waals surface area (Å²) in [5.74, 6) is 1.48. The largest absolute Gasteiger partial charge is 0.493 e. The van der Waals surface area contributed by atoms with Crippen molar-refractivity contribution in [1.29, 1.82) is 0 Å². The van der Waals surface area contributed by atoms with Crippen molar-refractivity contribution in [2.24, 2.45) is 5.41 Å². The van der Waals surface area contributed by atoms with Gasteiger partial charge in [0.05, 0.1) is 7.11 Å². The molecule has 1 N–H and O–H groups in total. The SMILES string of the molecule is COc1cc(C(=O)NC(C)C(C)(C)C)cc2c1OCCO2. The van der Waals surface area contributed by atoms with E-state index >= 15 is 0 Å². The van der Waals surface area contributed by atoms with Gasteiger partial charge >= 0.3 is 0 Å². The topological polar surface area (TPSA) is 56.8 Å². The number of ether oxygens (including phenoxy) is 3. The lowest BCUT2D eigenvalue weighted by atomic mass is 9.88. The summed E-state index contributed by atoms with van der Waals surface area (Å²) in [4.78, 5) is 12.4. The summed E-state index contributed by atoms with van der Waals surface area (Å²) >= 11 is 0. The van der Waals surface area contributed by atoms with E-state index in [2.05, 4.69) is 26.1 Å². The number of hydrogen-bond acceptors (Lipinski definition) is 4. The molecule has 116 valence electrons. The first-order chi connectivity index (χ1) is 9.82. The van der Waals surface area contributed by atoms with Crippen LogP contribution in [-0.2, 0) is 0 Å². The molecule has 1 aromatic carbocycles. The zero-order valence-corrected chi connectivity index (χ0v) is 13.3. The highest BCUT2D eigenvalue weighted by Crippen LogP contribution is 2.40. The molecule has 0 saturated carbocycles. The smallest absolute Gasteiger partial charge is 0.251 e. The summed E-state index contributed by atoms with van der Waals surface area (Å²) in [7, 11) is 1.55. The van der Waals surface area contributed by atoms with Gasteiger partial charge in [0.15, 0.2) is 11.5 Å². The number of rotatable bonds is 3. The molecule has 1 aromatic rings. The quantitative estimate of drug-likeness (QED) is 0.931. The average molecular weight is 293 g/mol. The number of benzene rings is 1. The van der Waals surface area contributed by atoms with Crippen LogP contribution in [0, 0.1) is 5.41 Å². The Hall–Kier alpha value is -1.91. The highest BCUT2D eigenvalue weighted by molar-refractivity contribution is 5.95. The number of carbonyl (C=O) groups is 1. The molecule has 0 spiro atoms. The van der Waals surface area contributed by atoms with Crippen molar-refractivity contribution < 1.29 is 19.0 Å². The van der Waals surface area contributed by atoms with Gasteiger partial charge in [-0.25, -0.2) is 0 Å². The first-order valence-corrected chi connectivity index (χ1v) is 7.11. The molecule has 1 aliphatic rings. The summed E-state index contributed by atoms with van der Waals surface area (Å²) in [5.41, 5.74) is 0.500. The fourth-order valence-corrected chi connectivity index (χ4v) is 1.90. The van der Waals surface area contributed by atoms with Gasteiger partial charge in [0, 0.05) is 11.6 Å². The minimum absolute atomic E-state index is 0.00638. The monoisotopic (exact) mass is 293 g/mol. The van der Waals surface area contributed by atoms with Crippen molar-refractivity contribution in [2.75, 3.05) is 20.3 Å². The molecule has 5 nitrogen and oxygen atoms in total. The molecule has 1 aliphatic heterocycles. The molecular weight excluding hydrogens is 270 g/mol. The Morgan fingerprint density at radius 1 is 1.29 bits per heavy atom. The van der Waals surface area contributed by atoms with Crippen LogP contribution in [0.1, 0.15) is 38.1 Å². The lowest BCUT2D eigenvalue weighted by Gasteiger charge is -2.28. The molecular formula is C16H23NO4. The number of fused-ring (bicyclic) bond motifs is 1. The van der Waals surface area contributed by atoms with Crippen LogP contribution in [0.3, 0.4) is 0 Å². The number of methoxy groups -OCH3 is 1. The molecule has 0 radical (unpaired) electrons. The molecule has 0 bridgehead atoms. The fourth-order valence-electron chi connectivity index (χ4n) is 1.90. The van der Waals surface area contributed by atoms with E-state index in [1.54, 1.807) is 19.2 Å². The minimum atomic E-state index is -0.146. The molecule has 0 saturated heterocycles. The van der Waals surface area contributed by atoms with Crippen molar-refractivity contribution in [1.82, 2.24) is 5.32 Å². The Bertz CT molecular complexity index is 517. The van der Waals surface area contributed by atoms with Crippen LogP contribution in [0.2, 0.25) is 0 Å². The van der Waals surface area contributed by atoms with Gasteiger partial charge in [-0.15, -0.1) is 0 Å². The molecule has 1 heterocycles. The zero-order valence-electron chi connectivity index (χ0n) is 13.3. The van der Waals surface area contributed by atoms with E-state index in [0.29, 0.717) is 36.0 Å². The highest BCUT2D eigenvalue weighted by Gasteiger charge is 2.25. The van der Waals surface area contributed by atoms with Gasteiger partial charge in [0.2, 0.25) is 5.75 Å². The third kappa shape index (κ3) is 3.40. The van der Waals surface area contributed by atoms with Gasteiger partial charge in [0.25, 0.3) is 5.91 Å². The van der Waals surface area contributed by atoms with E-state index in [-0.39, 0.29) is 17.4 Å². The molecule has 1 atom stereocenters. The van der Waals surface area contributed by atoms with Gasteiger partial charge in [0.1, 0.15) is 13.2 Å². The maximum atomic E-state index is 12.4. The van der Waals surface area contributed by atoms with Crippen LogP contribution in [0.15, 0.2) is 12.1 Å². The Balaban J connectivity index is 2.26. The van der Waals surface area contributed by atoms with Gasteiger partial charge in [-0.05, 0) is 24.5 Å². The van der Waals surface area contributed by atoms with Crippen molar-refractivity contribution in [3.05, 3.63) is 17.7 Å². The van der Waals surface area contributed by atoms with E-state index in [9.17, 15) is 4.79 Å². The summed E-state index contributed by atoms with van der Waals surface area (Å²) < 4.78 is 16.4. The second-order valence-corrected chi connectivity index (χ2v) is 6.26. The number of amides is 1. The van der Waals surface area contributed by atoms with Crippen molar-refractivity contribution in [3.63, 3.8) is 0 Å². The van der Waals surface area contributed by atoms with Crippen molar-refractivity contribution >= 4 is 5.91 Å². The Morgan fingerprint density at radius 3 is 2.57 bits per heavy atom. The Kier molecular flexibility index (Phi) is 4.30. The van der Waals surface area contributed by atoms with E-state index in [1.807, 2.05) is 6.92 Å². The van der Waals surface area contributed by atoms with E-state index in [0.717, 1.165) is 0 Å². The summed E-state index contributed by atoms with van der Waals surface area (Å²) in [6.45, 7) is 9.20. The minimum Gasteiger partial charge on any atom is -0.493 e. The molecule has 0 aromatic heterocycles. The first-order valence-electron chi connectivity index (χ1n) is 7.11.